The maximum absolute atomic E-state index is 11.0. The third-order valence-corrected chi connectivity index (χ3v) is 4.10. The summed E-state index contributed by atoms with van der Waals surface area (Å²) in [7, 11) is -2.76. The van der Waals surface area contributed by atoms with Crippen molar-refractivity contribution < 1.29 is 8.42 Å². The van der Waals surface area contributed by atoms with E-state index < -0.39 is 9.84 Å². The largest absolute Gasteiger partial charge is 0.313 e. The van der Waals surface area contributed by atoms with Gasteiger partial charge in [0.25, 0.3) is 0 Å². The summed E-state index contributed by atoms with van der Waals surface area (Å²) in [5.74, 6) is 0.555. The van der Waals surface area contributed by atoms with Crippen LogP contribution in [0.1, 0.15) is 26.2 Å². The summed E-state index contributed by atoms with van der Waals surface area (Å²) < 4.78 is 22.1. The van der Waals surface area contributed by atoms with Crippen LogP contribution in [-0.2, 0) is 9.84 Å². The summed E-state index contributed by atoms with van der Waals surface area (Å²) in [6, 6.07) is 0.594. The highest BCUT2D eigenvalue weighted by Gasteiger charge is 2.17. The lowest BCUT2D eigenvalue weighted by Crippen LogP contribution is -2.38. The molecule has 0 radical (unpaired) electrons. The Morgan fingerprint density at radius 1 is 1.42 bits per heavy atom. The predicted molar refractivity (Wildman–Crippen MR) is 50.0 cm³/mol. The van der Waals surface area contributed by atoms with E-state index >= 15 is 0 Å². The van der Waals surface area contributed by atoms with Crippen LogP contribution in [0.5, 0.6) is 0 Å². The van der Waals surface area contributed by atoms with Crippen LogP contribution >= 0.6 is 0 Å². The van der Waals surface area contributed by atoms with Crippen molar-refractivity contribution in [3.8, 4) is 0 Å². The average Bonchev–Trinajstić information content (AvgIpc) is 1.95. The monoisotopic (exact) mass is 191 g/mol. The van der Waals surface area contributed by atoms with Crippen molar-refractivity contribution in [3.63, 3.8) is 0 Å². The van der Waals surface area contributed by atoms with Crippen molar-refractivity contribution in [3.05, 3.63) is 0 Å². The molecule has 1 N–H and O–H groups in total. The first-order chi connectivity index (χ1) is 5.64. The van der Waals surface area contributed by atoms with Gasteiger partial charge in [0.1, 0.15) is 0 Å². The van der Waals surface area contributed by atoms with Gasteiger partial charge in [-0.05, 0) is 12.8 Å². The fourth-order valence-corrected chi connectivity index (χ4v) is 1.89. The minimum atomic E-state index is -2.76. The molecule has 0 unspecified atom stereocenters. The lowest BCUT2D eigenvalue weighted by molar-refractivity contribution is 0.346. The molecule has 0 aromatic heterocycles. The molecule has 0 atom stereocenters. The summed E-state index contributed by atoms with van der Waals surface area (Å²) in [5.41, 5.74) is 0. The summed E-state index contributed by atoms with van der Waals surface area (Å²) in [4.78, 5) is 0. The van der Waals surface area contributed by atoms with Crippen molar-refractivity contribution in [1.82, 2.24) is 5.32 Å². The molecule has 0 aromatic rings. The Morgan fingerprint density at radius 2 is 2.08 bits per heavy atom. The molecule has 0 aliphatic heterocycles. The quantitative estimate of drug-likeness (QED) is 0.691. The second-order valence-corrected chi connectivity index (χ2v) is 5.79. The molecule has 0 aromatic carbocycles. The van der Waals surface area contributed by atoms with Gasteiger partial charge in [-0.25, -0.2) is 8.42 Å². The standard InChI is InChI=1S/C8H17NO2S/c1-2-12(10,11)7-6-9-8-4-3-5-8/h8-9H,2-7H2,1H3. The van der Waals surface area contributed by atoms with Crippen LogP contribution < -0.4 is 5.32 Å². The highest BCUT2D eigenvalue weighted by molar-refractivity contribution is 7.91. The SMILES string of the molecule is CCS(=O)(=O)CCNC1CCC1. The molecule has 0 bridgehead atoms. The number of sulfone groups is 1. The number of nitrogens with one attached hydrogen (secondary N) is 1. The molecule has 1 saturated carbocycles. The first kappa shape index (κ1) is 9.99. The van der Waals surface area contributed by atoms with E-state index in [4.69, 9.17) is 0 Å². The molecule has 0 heterocycles. The van der Waals surface area contributed by atoms with Crippen molar-refractivity contribution >= 4 is 9.84 Å². The van der Waals surface area contributed by atoms with E-state index in [-0.39, 0.29) is 5.75 Å². The summed E-state index contributed by atoms with van der Waals surface area (Å²) in [6.07, 6.45) is 3.72. The van der Waals surface area contributed by atoms with Gasteiger partial charge in [0, 0.05) is 18.3 Å². The number of hydrogen-bond donors (Lipinski definition) is 1. The Labute approximate surface area is 74.5 Å². The van der Waals surface area contributed by atoms with Gasteiger partial charge in [0.2, 0.25) is 0 Å². The fraction of sp³-hybridized carbons (Fsp3) is 1.00. The van der Waals surface area contributed by atoms with Crippen molar-refractivity contribution in [2.24, 2.45) is 0 Å². The van der Waals surface area contributed by atoms with Gasteiger partial charge < -0.3 is 5.32 Å². The lowest BCUT2D eigenvalue weighted by Gasteiger charge is -2.26. The normalized spacial score (nSPS) is 19.1. The number of hydrogen-bond acceptors (Lipinski definition) is 3. The topological polar surface area (TPSA) is 46.2 Å². The Hall–Kier alpha value is -0.0900. The summed E-state index contributed by atoms with van der Waals surface area (Å²) in [6.45, 7) is 2.32. The smallest absolute Gasteiger partial charge is 0.151 e. The van der Waals surface area contributed by atoms with Crippen LogP contribution in [0.2, 0.25) is 0 Å². The first-order valence-corrected chi connectivity index (χ1v) is 6.40. The molecule has 0 saturated heterocycles. The van der Waals surface area contributed by atoms with E-state index in [0.29, 0.717) is 18.3 Å². The molecule has 1 rings (SSSR count). The summed E-state index contributed by atoms with van der Waals surface area (Å²) >= 11 is 0. The van der Waals surface area contributed by atoms with Gasteiger partial charge in [-0.3, -0.25) is 0 Å². The molecule has 12 heavy (non-hydrogen) atoms. The third-order valence-electron chi connectivity index (χ3n) is 2.39. The molecular formula is C8H17NO2S. The highest BCUT2D eigenvalue weighted by atomic mass is 32.2. The van der Waals surface area contributed by atoms with E-state index in [2.05, 4.69) is 5.32 Å². The molecule has 4 heteroatoms. The zero-order valence-electron chi connectivity index (χ0n) is 7.54. The molecule has 1 fully saturated rings. The Kier molecular flexibility index (Phi) is 3.53. The van der Waals surface area contributed by atoms with E-state index in [1.54, 1.807) is 6.92 Å². The van der Waals surface area contributed by atoms with Crippen molar-refractivity contribution in [2.75, 3.05) is 18.1 Å². The van der Waals surface area contributed by atoms with Crippen LogP contribution in [0.3, 0.4) is 0 Å². The van der Waals surface area contributed by atoms with Gasteiger partial charge in [0.15, 0.2) is 9.84 Å². The Balaban J connectivity index is 2.08. The maximum atomic E-state index is 11.0. The van der Waals surface area contributed by atoms with Crippen LogP contribution in [0.15, 0.2) is 0 Å². The highest BCUT2D eigenvalue weighted by Crippen LogP contribution is 2.17. The lowest BCUT2D eigenvalue weighted by atomic mass is 9.93. The van der Waals surface area contributed by atoms with Crippen molar-refractivity contribution in [2.45, 2.75) is 32.2 Å². The van der Waals surface area contributed by atoms with E-state index in [0.717, 1.165) is 0 Å². The van der Waals surface area contributed by atoms with Gasteiger partial charge in [-0.2, -0.15) is 0 Å². The molecule has 1 aliphatic carbocycles. The maximum Gasteiger partial charge on any atom is 0.151 e. The fourth-order valence-electron chi connectivity index (χ4n) is 1.18. The first-order valence-electron chi connectivity index (χ1n) is 4.58. The molecule has 0 amide bonds. The second-order valence-electron chi connectivity index (χ2n) is 3.32. The molecule has 3 nitrogen and oxygen atoms in total. The van der Waals surface area contributed by atoms with Gasteiger partial charge >= 0.3 is 0 Å². The zero-order chi connectivity index (χ0) is 9.03. The molecule has 1 aliphatic rings. The van der Waals surface area contributed by atoms with Gasteiger partial charge in [-0.1, -0.05) is 13.3 Å². The van der Waals surface area contributed by atoms with Gasteiger partial charge in [0.05, 0.1) is 5.75 Å². The van der Waals surface area contributed by atoms with E-state index in [9.17, 15) is 8.42 Å². The molecule has 72 valence electrons. The average molecular weight is 191 g/mol. The van der Waals surface area contributed by atoms with E-state index in [1.807, 2.05) is 0 Å². The second kappa shape index (κ2) is 4.23. The summed E-state index contributed by atoms with van der Waals surface area (Å²) in [5, 5.41) is 3.23. The van der Waals surface area contributed by atoms with Gasteiger partial charge in [-0.15, -0.1) is 0 Å². The van der Waals surface area contributed by atoms with E-state index in [1.165, 1.54) is 19.3 Å². The van der Waals surface area contributed by atoms with Crippen molar-refractivity contribution in [1.29, 1.82) is 0 Å². The Morgan fingerprint density at radius 3 is 2.50 bits per heavy atom. The van der Waals surface area contributed by atoms with Crippen LogP contribution in [-0.4, -0.2) is 32.5 Å². The van der Waals surface area contributed by atoms with Crippen LogP contribution in [0, 0.1) is 0 Å². The minimum Gasteiger partial charge on any atom is -0.313 e. The molecular weight excluding hydrogens is 174 g/mol. The minimum absolute atomic E-state index is 0.263. The Bertz CT molecular complexity index is 219. The van der Waals surface area contributed by atoms with Crippen LogP contribution in [0.25, 0.3) is 0 Å². The van der Waals surface area contributed by atoms with Crippen LogP contribution in [0.4, 0.5) is 0 Å². The zero-order valence-corrected chi connectivity index (χ0v) is 8.36. The predicted octanol–water partition coefficient (Wildman–Crippen LogP) is 0.563. The third kappa shape index (κ3) is 3.11. The molecule has 0 spiro atoms. The number of rotatable bonds is 5.